The van der Waals surface area contributed by atoms with Crippen LogP contribution in [0.4, 0.5) is 5.69 Å². The van der Waals surface area contributed by atoms with Gasteiger partial charge in [-0.1, -0.05) is 0 Å². The molecule has 2 aliphatic heterocycles. The van der Waals surface area contributed by atoms with Crippen molar-refractivity contribution in [3.63, 3.8) is 0 Å². The summed E-state index contributed by atoms with van der Waals surface area (Å²) in [4.78, 5) is 23.5. The van der Waals surface area contributed by atoms with Crippen molar-refractivity contribution >= 4 is 17.6 Å². The molecule has 20 heavy (non-hydrogen) atoms. The average molecular weight is 276 g/mol. The van der Waals surface area contributed by atoms with E-state index in [4.69, 9.17) is 4.74 Å². The Morgan fingerprint density at radius 3 is 2.35 bits per heavy atom. The summed E-state index contributed by atoms with van der Waals surface area (Å²) in [5.74, 6) is -3.11. The predicted molar refractivity (Wildman–Crippen MR) is 66.6 cm³/mol. The number of ether oxygens (including phenoxy) is 1. The minimum Gasteiger partial charge on any atom is -0.550 e. The summed E-state index contributed by atoms with van der Waals surface area (Å²) in [6.07, 6.45) is 0.592. The fourth-order valence-electron chi connectivity index (χ4n) is 3.08. The van der Waals surface area contributed by atoms with E-state index in [1.807, 2.05) is 0 Å². The highest BCUT2D eigenvalue weighted by Crippen LogP contribution is 2.43. The topological polar surface area (TPSA) is 98.7 Å². The first kappa shape index (κ1) is 12.9. The SMILES string of the molecule is O=C(Nc1ccc(O)cc1)[C@@H]1[C@@H](C(=O)[O-])[C@H]2CC[C@@H]1O2. The highest BCUT2D eigenvalue weighted by molar-refractivity contribution is 5.96. The van der Waals surface area contributed by atoms with Crippen molar-refractivity contribution in [2.24, 2.45) is 11.8 Å². The molecule has 0 spiro atoms. The number of anilines is 1. The van der Waals surface area contributed by atoms with Gasteiger partial charge in [0, 0.05) is 17.6 Å². The molecule has 2 fully saturated rings. The van der Waals surface area contributed by atoms with Gasteiger partial charge in [0.25, 0.3) is 0 Å². The molecule has 1 aromatic rings. The molecular formula is C14H14NO5-. The molecule has 0 saturated carbocycles. The molecule has 2 bridgehead atoms. The first-order valence-electron chi connectivity index (χ1n) is 6.52. The number of benzene rings is 1. The number of amides is 1. The summed E-state index contributed by atoms with van der Waals surface area (Å²) in [5.41, 5.74) is 0.507. The lowest BCUT2D eigenvalue weighted by atomic mass is 9.78. The number of carboxylic acid groups (broad SMARTS) is 1. The van der Waals surface area contributed by atoms with E-state index in [-0.39, 0.29) is 17.8 Å². The highest BCUT2D eigenvalue weighted by Gasteiger charge is 2.52. The Kier molecular flexibility index (Phi) is 3.10. The number of carbonyl (C=O) groups excluding carboxylic acids is 2. The fourth-order valence-corrected chi connectivity index (χ4v) is 3.08. The number of hydrogen-bond acceptors (Lipinski definition) is 5. The molecule has 2 heterocycles. The van der Waals surface area contributed by atoms with Crippen LogP contribution in [0, 0.1) is 11.8 Å². The normalized spacial score (nSPS) is 31.2. The predicted octanol–water partition coefficient (Wildman–Crippen LogP) is -0.126. The van der Waals surface area contributed by atoms with Crippen LogP contribution in [-0.2, 0) is 14.3 Å². The van der Waals surface area contributed by atoms with Crippen LogP contribution in [0.2, 0.25) is 0 Å². The van der Waals surface area contributed by atoms with Crippen molar-refractivity contribution < 1.29 is 24.5 Å². The van der Waals surface area contributed by atoms with Gasteiger partial charge >= 0.3 is 0 Å². The monoisotopic (exact) mass is 276 g/mol. The number of aliphatic carboxylic acids is 1. The van der Waals surface area contributed by atoms with E-state index in [0.29, 0.717) is 18.5 Å². The summed E-state index contributed by atoms with van der Waals surface area (Å²) in [6, 6.07) is 6.00. The Labute approximate surface area is 115 Å². The van der Waals surface area contributed by atoms with Crippen LogP contribution in [-0.4, -0.2) is 29.2 Å². The van der Waals surface area contributed by atoms with Gasteiger partial charge in [0.1, 0.15) is 5.75 Å². The third kappa shape index (κ3) is 2.12. The number of carboxylic acids is 1. The highest BCUT2D eigenvalue weighted by atomic mass is 16.5. The summed E-state index contributed by atoms with van der Waals surface area (Å²) >= 11 is 0. The second kappa shape index (κ2) is 4.79. The molecule has 0 aliphatic carbocycles. The largest absolute Gasteiger partial charge is 0.550 e. The van der Waals surface area contributed by atoms with Crippen LogP contribution >= 0.6 is 0 Å². The number of aromatic hydroxyl groups is 1. The van der Waals surface area contributed by atoms with Crippen molar-refractivity contribution in [3.05, 3.63) is 24.3 Å². The van der Waals surface area contributed by atoms with E-state index in [1.54, 1.807) is 12.1 Å². The summed E-state index contributed by atoms with van der Waals surface area (Å²) in [7, 11) is 0. The first-order valence-corrected chi connectivity index (χ1v) is 6.52. The molecule has 0 aromatic heterocycles. The van der Waals surface area contributed by atoms with Gasteiger partial charge in [0.15, 0.2) is 0 Å². The lowest BCUT2D eigenvalue weighted by Gasteiger charge is -2.27. The van der Waals surface area contributed by atoms with Gasteiger partial charge < -0.3 is 25.1 Å². The number of phenols is 1. The number of hydrogen-bond donors (Lipinski definition) is 2. The molecule has 2 N–H and O–H groups in total. The molecule has 3 rings (SSSR count). The van der Waals surface area contributed by atoms with E-state index in [1.165, 1.54) is 12.1 Å². The van der Waals surface area contributed by atoms with Crippen molar-refractivity contribution in [2.45, 2.75) is 25.0 Å². The second-order valence-electron chi connectivity index (χ2n) is 5.20. The molecule has 2 aliphatic rings. The van der Waals surface area contributed by atoms with Gasteiger partial charge in [-0.25, -0.2) is 0 Å². The quantitative estimate of drug-likeness (QED) is 0.750. The molecule has 4 atom stereocenters. The van der Waals surface area contributed by atoms with Gasteiger partial charge in [-0.3, -0.25) is 4.79 Å². The molecular weight excluding hydrogens is 262 g/mol. The van der Waals surface area contributed by atoms with Gasteiger partial charge in [-0.15, -0.1) is 0 Å². The molecule has 106 valence electrons. The van der Waals surface area contributed by atoms with Crippen LogP contribution in [0.1, 0.15) is 12.8 Å². The Morgan fingerprint density at radius 1 is 1.15 bits per heavy atom. The lowest BCUT2D eigenvalue weighted by molar-refractivity contribution is -0.313. The molecule has 2 saturated heterocycles. The van der Waals surface area contributed by atoms with Crippen LogP contribution in [0.15, 0.2) is 24.3 Å². The molecule has 6 heteroatoms. The Morgan fingerprint density at radius 2 is 1.75 bits per heavy atom. The number of nitrogens with one attached hydrogen (secondary N) is 1. The molecule has 0 radical (unpaired) electrons. The summed E-state index contributed by atoms with van der Waals surface area (Å²) < 4.78 is 5.52. The third-order valence-electron chi connectivity index (χ3n) is 3.98. The number of rotatable bonds is 3. The average Bonchev–Trinajstić information content (AvgIpc) is 3.01. The van der Waals surface area contributed by atoms with Gasteiger partial charge in [-0.05, 0) is 37.1 Å². The third-order valence-corrected chi connectivity index (χ3v) is 3.98. The number of fused-ring (bicyclic) bond motifs is 2. The zero-order valence-electron chi connectivity index (χ0n) is 10.6. The summed E-state index contributed by atoms with van der Waals surface area (Å²) in [6.45, 7) is 0. The maximum Gasteiger partial charge on any atom is 0.230 e. The standard InChI is InChI=1S/C14H15NO5/c16-8-3-1-7(2-4-8)15-13(17)11-9-5-6-10(20-9)12(11)14(18)19/h1-4,9-12,16H,5-6H2,(H,15,17)(H,18,19)/p-1/t9-,10+,11-,12-/m0/s1. The molecule has 0 unspecified atom stereocenters. The van der Waals surface area contributed by atoms with Gasteiger partial charge in [0.05, 0.1) is 18.1 Å². The van der Waals surface area contributed by atoms with Crippen LogP contribution in [0.5, 0.6) is 5.75 Å². The first-order chi connectivity index (χ1) is 9.56. The van der Waals surface area contributed by atoms with Crippen LogP contribution < -0.4 is 10.4 Å². The Balaban J connectivity index is 1.76. The van der Waals surface area contributed by atoms with Crippen molar-refractivity contribution in [2.75, 3.05) is 5.32 Å². The minimum absolute atomic E-state index is 0.0962. The van der Waals surface area contributed by atoms with E-state index < -0.39 is 23.9 Å². The zero-order chi connectivity index (χ0) is 14.3. The maximum absolute atomic E-state index is 12.3. The lowest BCUT2D eigenvalue weighted by Crippen LogP contribution is -2.46. The van der Waals surface area contributed by atoms with E-state index >= 15 is 0 Å². The maximum atomic E-state index is 12.3. The van der Waals surface area contributed by atoms with E-state index in [2.05, 4.69) is 5.32 Å². The van der Waals surface area contributed by atoms with Crippen LogP contribution in [0.25, 0.3) is 0 Å². The van der Waals surface area contributed by atoms with Gasteiger partial charge in [0.2, 0.25) is 5.91 Å². The summed E-state index contributed by atoms with van der Waals surface area (Å²) in [5, 5.41) is 23.0. The molecule has 1 aromatic carbocycles. The van der Waals surface area contributed by atoms with E-state index in [0.717, 1.165) is 0 Å². The van der Waals surface area contributed by atoms with Crippen molar-refractivity contribution in [3.8, 4) is 5.75 Å². The van der Waals surface area contributed by atoms with E-state index in [9.17, 15) is 19.8 Å². The van der Waals surface area contributed by atoms with Crippen molar-refractivity contribution in [1.82, 2.24) is 0 Å². The number of carbonyl (C=O) groups is 2. The fraction of sp³-hybridized carbons (Fsp3) is 0.429. The molecule has 6 nitrogen and oxygen atoms in total. The van der Waals surface area contributed by atoms with Crippen LogP contribution in [0.3, 0.4) is 0 Å². The second-order valence-corrected chi connectivity index (χ2v) is 5.20. The Bertz CT molecular complexity index is 541. The smallest absolute Gasteiger partial charge is 0.230 e. The minimum atomic E-state index is -1.23. The number of phenolic OH excluding ortho intramolecular Hbond substituents is 1. The van der Waals surface area contributed by atoms with Crippen molar-refractivity contribution in [1.29, 1.82) is 0 Å². The van der Waals surface area contributed by atoms with Gasteiger partial charge in [-0.2, -0.15) is 0 Å². The molecule has 1 amide bonds. The zero-order valence-corrected chi connectivity index (χ0v) is 10.6. The Hall–Kier alpha value is -2.08.